The van der Waals surface area contributed by atoms with Crippen LogP contribution in [0, 0.1) is 6.92 Å². The third-order valence-electron chi connectivity index (χ3n) is 2.72. The predicted molar refractivity (Wildman–Crippen MR) is 76.0 cm³/mol. The Balaban J connectivity index is 2.02. The van der Waals surface area contributed by atoms with Gasteiger partial charge >= 0.3 is 0 Å². The van der Waals surface area contributed by atoms with Crippen molar-refractivity contribution in [3.8, 4) is 0 Å². The zero-order valence-electron chi connectivity index (χ0n) is 10.8. The van der Waals surface area contributed by atoms with E-state index in [0.29, 0.717) is 19.8 Å². The van der Waals surface area contributed by atoms with Gasteiger partial charge in [-0.2, -0.15) is 0 Å². The number of aryl methyl sites for hydroxylation is 2. The van der Waals surface area contributed by atoms with Crippen molar-refractivity contribution in [3.63, 3.8) is 0 Å². The quantitative estimate of drug-likeness (QED) is 0.640. The monoisotopic (exact) mass is 265 g/mol. The molecule has 0 amide bonds. The molecular weight excluding hydrogens is 246 g/mol. The SMILES string of the molecule is Cc1ccc2c(c1)nc(SCCOCCN)n2C. The summed E-state index contributed by atoms with van der Waals surface area (Å²) in [5, 5.41) is 1.03. The molecule has 2 N–H and O–H groups in total. The standard InChI is InChI=1S/C13H19N3OS/c1-10-3-4-12-11(9-10)15-13(16(12)2)18-8-7-17-6-5-14/h3-4,9H,5-8,14H2,1-2H3. The van der Waals surface area contributed by atoms with Gasteiger partial charge in [-0.3, -0.25) is 0 Å². The van der Waals surface area contributed by atoms with Crippen LogP contribution in [0.25, 0.3) is 11.0 Å². The maximum Gasteiger partial charge on any atom is 0.168 e. The molecule has 2 aromatic rings. The summed E-state index contributed by atoms with van der Waals surface area (Å²) in [7, 11) is 2.05. The normalized spacial score (nSPS) is 11.3. The molecule has 0 aliphatic heterocycles. The van der Waals surface area contributed by atoms with E-state index in [1.165, 1.54) is 11.1 Å². The number of hydrogen-bond acceptors (Lipinski definition) is 4. The molecule has 0 unspecified atom stereocenters. The van der Waals surface area contributed by atoms with Crippen LogP contribution in [0.5, 0.6) is 0 Å². The van der Waals surface area contributed by atoms with Crippen LogP contribution in [0.1, 0.15) is 5.56 Å². The lowest BCUT2D eigenvalue weighted by molar-refractivity contribution is 0.158. The molecule has 0 radical (unpaired) electrons. The highest BCUT2D eigenvalue weighted by Gasteiger charge is 2.07. The molecule has 2 rings (SSSR count). The summed E-state index contributed by atoms with van der Waals surface area (Å²) in [6.45, 7) is 4.00. The minimum absolute atomic E-state index is 0.580. The van der Waals surface area contributed by atoms with Crippen LogP contribution < -0.4 is 5.73 Å². The van der Waals surface area contributed by atoms with Gasteiger partial charge < -0.3 is 15.0 Å². The first-order valence-electron chi connectivity index (χ1n) is 6.06. The first kappa shape index (κ1) is 13.4. The van der Waals surface area contributed by atoms with Crippen LogP contribution in [0.4, 0.5) is 0 Å². The molecule has 5 heteroatoms. The predicted octanol–water partition coefficient (Wildman–Crippen LogP) is 1.95. The summed E-state index contributed by atoms with van der Waals surface area (Å²) in [5.74, 6) is 0.899. The smallest absolute Gasteiger partial charge is 0.168 e. The Bertz CT molecular complexity index is 524. The molecule has 0 atom stereocenters. The average Bonchev–Trinajstić information content (AvgIpc) is 2.65. The molecule has 1 heterocycles. The Hall–Kier alpha value is -1.04. The van der Waals surface area contributed by atoms with Crippen molar-refractivity contribution < 1.29 is 4.74 Å². The summed E-state index contributed by atoms with van der Waals surface area (Å²) in [6.07, 6.45) is 0. The number of rotatable bonds is 6. The average molecular weight is 265 g/mol. The van der Waals surface area contributed by atoms with Gasteiger partial charge in [-0.25, -0.2) is 4.98 Å². The molecule has 98 valence electrons. The Morgan fingerprint density at radius 3 is 3.00 bits per heavy atom. The van der Waals surface area contributed by atoms with E-state index >= 15 is 0 Å². The Morgan fingerprint density at radius 2 is 2.22 bits per heavy atom. The maximum atomic E-state index is 5.36. The largest absolute Gasteiger partial charge is 0.379 e. The zero-order valence-corrected chi connectivity index (χ0v) is 11.7. The number of ether oxygens (including phenoxy) is 1. The molecule has 4 nitrogen and oxygen atoms in total. The van der Waals surface area contributed by atoms with Gasteiger partial charge in [0.05, 0.1) is 24.2 Å². The van der Waals surface area contributed by atoms with E-state index < -0.39 is 0 Å². The van der Waals surface area contributed by atoms with E-state index in [4.69, 9.17) is 10.5 Å². The Morgan fingerprint density at radius 1 is 1.39 bits per heavy atom. The van der Waals surface area contributed by atoms with Crippen LogP contribution >= 0.6 is 11.8 Å². The van der Waals surface area contributed by atoms with Gasteiger partial charge in [0.15, 0.2) is 5.16 Å². The number of thioether (sulfide) groups is 1. The summed E-state index contributed by atoms with van der Waals surface area (Å²) >= 11 is 1.72. The van der Waals surface area contributed by atoms with Crippen molar-refractivity contribution in [3.05, 3.63) is 23.8 Å². The second kappa shape index (κ2) is 6.22. The second-order valence-corrected chi connectivity index (χ2v) is 5.26. The fourth-order valence-corrected chi connectivity index (χ4v) is 2.63. The van der Waals surface area contributed by atoms with Crippen LogP contribution in [-0.4, -0.2) is 35.1 Å². The van der Waals surface area contributed by atoms with E-state index in [9.17, 15) is 0 Å². The van der Waals surface area contributed by atoms with Gasteiger partial charge in [-0.05, 0) is 24.6 Å². The van der Waals surface area contributed by atoms with Gasteiger partial charge in [0.2, 0.25) is 0 Å². The van der Waals surface area contributed by atoms with E-state index in [1.807, 2.05) is 7.05 Å². The van der Waals surface area contributed by atoms with Crippen molar-refractivity contribution in [2.24, 2.45) is 12.8 Å². The fraction of sp³-hybridized carbons (Fsp3) is 0.462. The fourth-order valence-electron chi connectivity index (χ4n) is 1.79. The third kappa shape index (κ3) is 3.04. The summed E-state index contributed by atoms with van der Waals surface area (Å²) in [5.41, 5.74) is 8.83. The molecule has 1 aromatic carbocycles. The lowest BCUT2D eigenvalue weighted by Crippen LogP contribution is -2.10. The third-order valence-corrected chi connectivity index (χ3v) is 3.71. The number of fused-ring (bicyclic) bond motifs is 1. The molecule has 0 saturated carbocycles. The number of benzene rings is 1. The van der Waals surface area contributed by atoms with Gasteiger partial charge in [0.25, 0.3) is 0 Å². The molecule has 0 saturated heterocycles. The van der Waals surface area contributed by atoms with Crippen LogP contribution in [0.2, 0.25) is 0 Å². The number of nitrogens with two attached hydrogens (primary N) is 1. The van der Waals surface area contributed by atoms with E-state index in [0.717, 1.165) is 16.4 Å². The summed E-state index contributed by atoms with van der Waals surface area (Å²) in [6, 6.07) is 6.35. The molecule has 0 aliphatic rings. The van der Waals surface area contributed by atoms with Crippen LogP contribution in [0.15, 0.2) is 23.4 Å². The van der Waals surface area contributed by atoms with Gasteiger partial charge in [-0.15, -0.1) is 0 Å². The number of imidazole rings is 1. The van der Waals surface area contributed by atoms with Crippen molar-refractivity contribution in [1.29, 1.82) is 0 Å². The molecule has 0 aliphatic carbocycles. The van der Waals surface area contributed by atoms with E-state index in [-0.39, 0.29) is 0 Å². The highest BCUT2D eigenvalue weighted by Crippen LogP contribution is 2.23. The summed E-state index contributed by atoms with van der Waals surface area (Å²) < 4.78 is 7.48. The number of aromatic nitrogens is 2. The lowest BCUT2D eigenvalue weighted by atomic mass is 10.2. The Labute approximate surface area is 112 Å². The van der Waals surface area contributed by atoms with Crippen molar-refractivity contribution >= 4 is 22.8 Å². The maximum absolute atomic E-state index is 5.36. The molecule has 0 spiro atoms. The molecule has 18 heavy (non-hydrogen) atoms. The van der Waals surface area contributed by atoms with Crippen LogP contribution in [0.3, 0.4) is 0 Å². The molecule has 1 aromatic heterocycles. The van der Waals surface area contributed by atoms with Crippen molar-refractivity contribution in [2.75, 3.05) is 25.5 Å². The molecule has 0 fully saturated rings. The van der Waals surface area contributed by atoms with E-state index in [2.05, 4.69) is 34.7 Å². The minimum Gasteiger partial charge on any atom is -0.379 e. The number of nitrogens with zero attached hydrogens (tertiary/aromatic N) is 2. The zero-order chi connectivity index (χ0) is 13.0. The van der Waals surface area contributed by atoms with Crippen molar-refractivity contribution in [2.45, 2.75) is 12.1 Å². The highest BCUT2D eigenvalue weighted by atomic mass is 32.2. The topological polar surface area (TPSA) is 53.1 Å². The summed E-state index contributed by atoms with van der Waals surface area (Å²) in [4.78, 5) is 4.64. The number of hydrogen-bond donors (Lipinski definition) is 1. The lowest BCUT2D eigenvalue weighted by Gasteiger charge is -2.03. The van der Waals surface area contributed by atoms with Crippen molar-refractivity contribution in [1.82, 2.24) is 9.55 Å². The first-order chi connectivity index (χ1) is 8.72. The second-order valence-electron chi connectivity index (χ2n) is 4.20. The van der Waals surface area contributed by atoms with Gasteiger partial charge in [0.1, 0.15) is 0 Å². The van der Waals surface area contributed by atoms with Crippen LogP contribution in [-0.2, 0) is 11.8 Å². The van der Waals surface area contributed by atoms with Gasteiger partial charge in [-0.1, -0.05) is 17.8 Å². The minimum atomic E-state index is 0.580. The van der Waals surface area contributed by atoms with Gasteiger partial charge in [0, 0.05) is 19.3 Å². The Kier molecular flexibility index (Phi) is 4.63. The molecular formula is C13H19N3OS. The highest BCUT2D eigenvalue weighted by molar-refractivity contribution is 7.99. The first-order valence-corrected chi connectivity index (χ1v) is 7.04. The van der Waals surface area contributed by atoms with E-state index in [1.54, 1.807) is 11.8 Å². The molecule has 0 bridgehead atoms.